The molecule has 0 aliphatic heterocycles. The van der Waals surface area contributed by atoms with Crippen molar-refractivity contribution in [2.45, 2.75) is 56.8 Å². The van der Waals surface area contributed by atoms with Crippen molar-refractivity contribution in [3.8, 4) is 11.5 Å². The molecule has 166 valence electrons. The summed E-state index contributed by atoms with van der Waals surface area (Å²) < 4.78 is 41.5. The molecule has 0 aliphatic carbocycles. The summed E-state index contributed by atoms with van der Waals surface area (Å²) in [5, 5.41) is 10.5. The number of aliphatic hydroxyl groups is 1. The number of rotatable bonds is 8. The molecule has 1 atom stereocenters. The summed E-state index contributed by atoms with van der Waals surface area (Å²) in [5.41, 5.74) is 1.43. The Morgan fingerprint density at radius 3 is 2.17 bits per heavy atom. The van der Waals surface area contributed by atoms with Crippen molar-refractivity contribution in [1.82, 2.24) is 0 Å². The first-order valence-electron chi connectivity index (χ1n) is 9.78. The number of ether oxygens (including phenoxy) is 1. The highest BCUT2D eigenvalue weighted by molar-refractivity contribution is 7.86. The number of aryl methyl sites for hydroxylation is 1. The van der Waals surface area contributed by atoms with Gasteiger partial charge in [-0.05, 0) is 54.9 Å². The van der Waals surface area contributed by atoms with Gasteiger partial charge in [0.1, 0.15) is 11.9 Å². The molecule has 1 N–H and O–H groups in total. The van der Waals surface area contributed by atoms with Crippen molar-refractivity contribution in [3.63, 3.8) is 0 Å². The molecule has 0 unspecified atom stereocenters. The van der Waals surface area contributed by atoms with Crippen molar-refractivity contribution >= 4 is 18.4 Å². The van der Waals surface area contributed by atoms with Crippen molar-refractivity contribution in [2.24, 2.45) is 0 Å². The van der Waals surface area contributed by atoms with Gasteiger partial charge in [-0.1, -0.05) is 44.5 Å². The van der Waals surface area contributed by atoms with Crippen molar-refractivity contribution < 1.29 is 26.9 Å². The van der Waals surface area contributed by atoms with Gasteiger partial charge in [-0.3, -0.25) is 4.18 Å². The van der Waals surface area contributed by atoms with Gasteiger partial charge < -0.3 is 14.3 Å². The van der Waals surface area contributed by atoms with Crippen LogP contribution >= 0.6 is 0 Å². The Balaban J connectivity index is 2.15. The maximum absolute atomic E-state index is 12.3. The largest absolute Gasteiger partial charge is 0.541 e. The predicted molar refractivity (Wildman–Crippen MR) is 120 cm³/mol. The fourth-order valence-corrected chi connectivity index (χ4v) is 4.37. The number of methoxy groups -OCH3 is 1. The van der Waals surface area contributed by atoms with Crippen LogP contribution < -0.4 is 9.16 Å². The van der Waals surface area contributed by atoms with Crippen molar-refractivity contribution in [1.29, 1.82) is 0 Å². The zero-order chi connectivity index (χ0) is 22.7. The van der Waals surface area contributed by atoms with Gasteiger partial charge in [-0.25, -0.2) is 0 Å². The zero-order valence-electron chi connectivity index (χ0n) is 18.7. The molecule has 2 aromatic carbocycles. The second kappa shape index (κ2) is 9.09. The van der Waals surface area contributed by atoms with E-state index in [9.17, 15) is 13.5 Å². The quantitative estimate of drug-likeness (QED) is 0.456. The van der Waals surface area contributed by atoms with Gasteiger partial charge in [0.2, 0.25) is 0 Å². The van der Waals surface area contributed by atoms with Crippen LogP contribution in [0.25, 0.3) is 0 Å². The fraction of sp³-hybridized carbons (Fsp3) is 0.455. The smallest absolute Gasteiger partial charge is 0.297 e. The van der Waals surface area contributed by atoms with Crippen LogP contribution in [0.15, 0.2) is 47.4 Å². The van der Waals surface area contributed by atoms with E-state index in [1.54, 1.807) is 30.3 Å². The number of aliphatic hydroxyl groups excluding tert-OH is 1. The second-order valence-electron chi connectivity index (χ2n) is 8.84. The number of benzene rings is 2. The molecular formula is C22H32O6SSi. The lowest BCUT2D eigenvalue weighted by Crippen LogP contribution is -2.43. The molecular weight excluding hydrogens is 420 g/mol. The lowest BCUT2D eigenvalue weighted by atomic mass is 10.1. The monoisotopic (exact) mass is 452 g/mol. The first-order chi connectivity index (χ1) is 13.8. The van der Waals surface area contributed by atoms with E-state index in [4.69, 9.17) is 13.3 Å². The summed E-state index contributed by atoms with van der Waals surface area (Å²) in [6.07, 6.45) is -1.14. The van der Waals surface area contributed by atoms with Crippen LogP contribution in [-0.2, 0) is 14.3 Å². The van der Waals surface area contributed by atoms with Crippen LogP contribution in [0.2, 0.25) is 18.1 Å². The van der Waals surface area contributed by atoms with Gasteiger partial charge in [0.05, 0.1) is 18.6 Å². The molecule has 0 spiro atoms. The molecule has 0 fully saturated rings. The minimum Gasteiger partial charge on any atom is -0.541 e. The maximum atomic E-state index is 12.3. The molecule has 8 heteroatoms. The van der Waals surface area contributed by atoms with E-state index >= 15 is 0 Å². The Morgan fingerprint density at radius 1 is 1.03 bits per heavy atom. The Morgan fingerprint density at radius 2 is 1.63 bits per heavy atom. The molecule has 0 amide bonds. The van der Waals surface area contributed by atoms with Gasteiger partial charge >= 0.3 is 0 Å². The van der Waals surface area contributed by atoms with Crippen LogP contribution in [0, 0.1) is 6.92 Å². The molecule has 6 nitrogen and oxygen atoms in total. The molecule has 0 bridgehead atoms. The van der Waals surface area contributed by atoms with Gasteiger partial charge in [0.15, 0.2) is 5.75 Å². The SMILES string of the molecule is COc1cc([C@@H](O)COS(=O)(=O)c2ccc(C)cc2)ccc1O[Si](C)(C)C(C)(C)C. The van der Waals surface area contributed by atoms with E-state index in [1.807, 2.05) is 6.92 Å². The average molecular weight is 453 g/mol. The first kappa shape index (κ1) is 24.4. The van der Waals surface area contributed by atoms with Crippen LogP contribution in [0.5, 0.6) is 11.5 Å². The third-order valence-electron chi connectivity index (χ3n) is 5.43. The van der Waals surface area contributed by atoms with E-state index < -0.39 is 31.1 Å². The van der Waals surface area contributed by atoms with Crippen molar-refractivity contribution in [3.05, 3.63) is 53.6 Å². The lowest BCUT2D eigenvalue weighted by molar-refractivity contribution is 0.111. The van der Waals surface area contributed by atoms with Crippen molar-refractivity contribution in [2.75, 3.05) is 13.7 Å². The minimum absolute atomic E-state index is 0.0222. The molecule has 2 aromatic rings. The minimum atomic E-state index is -3.95. The lowest BCUT2D eigenvalue weighted by Gasteiger charge is -2.36. The van der Waals surface area contributed by atoms with E-state index in [-0.39, 0.29) is 9.93 Å². The van der Waals surface area contributed by atoms with E-state index in [0.29, 0.717) is 17.1 Å². The van der Waals surface area contributed by atoms with Crippen LogP contribution in [0.1, 0.15) is 38.0 Å². The highest BCUT2D eigenvalue weighted by atomic mass is 32.2. The van der Waals surface area contributed by atoms with E-state index in [2.05, 4.69) is 33.9 Å². The summed E-state index contributed by atoms with van der Waals surface area (Å²) in [4.78, 5) is 0.0519. The summed E-state index contributed by atoms with van der Waals surface area (Å²) in [6, 6.07) is 11.4. The third kappa shape index (κ3) is 5.84. The molecule has 0 aromatic heterocycles. The Kier molecular flexibility index (Phi) is 7.39. The van der Waals surface area contributed by atoms with Gasteiger partial charge in [0.25, 0.3) is 18.4 Å². The Labute approximate surface area is 181 Å². The average Bonchev–Trinajstić information content (AvgIpc) is 2.65. The Hall–Kier alpha value is -1.87. The second-order valence-corrected chi connectivity index (χ2v) is 15.2. The summed E-state index contributed by atoms with van der Waals surface area (Å²) in [6.45, 7) is 12.2. The predicted octanol–water partition coefficient (Wildman–Crippen LogP) is 4.83. The topological polar surface area (TPSA) is 82.1 Å². The molecule has 30 heavy (non-hydrogen) atoms. The highest BCUT2D eigenvalue weighted by Gasteiger charge is 2.39. The number of hydrogen-bond acceptors (Lipinski definition) is 6. The fourth-order valence-electron chi connectivity index (χ4n) is 2.43. The molecule has 2 rings (SSSR count). The third-order valence-corrected chi connectivity index (χ3v) is 11.1. The molecule has 0 radical (unpaired) electrons. The molecule has 0 saturated heterocycles. The summed E-state index contributed by atoms with van der Waals surface area (Å²) in [7, 11) is -4.49. The molecule has 0 heterocycles. The van der Waals surface area contributed by atoms with E-state index in [1.165, 1.54) is 19.2 Å². The van der Waals surface area contributed by atoms with Gasteiger partial charge in [0, 0.05) is 0 Å². The maximum Gasteiger partial charge on any atom is 0.297 e. The molecule has 0 saturated carbocycles. The summed E-state index contributed by atoms with van der Waals surface area (Å²) >= 11 is 0. The van der Waals surface area contributed by atoms with Gasteiger partial charge in [-0.15, -0.1) is 0 Å². The first-order valence-corrected chi connectivity index (χ1v) is 14.1. The standard InChI is InChI=1S/C22H32O6SSi/c1-16-8-11-18(12-9-16)29(24,25)27-15-19(23)17-10-13-20(21(14-17)26-5)28-30(6,7)22(2,3)4/h8-14,19,23H,15H2,1-7H3/t19-/m0/s1. The van der Waals surface area contributed by atoms with Crippen LogP contribution in [-0.4, -0.2) is 35.6 Å². The number of hydrogen-bond donors (Lipinski definition) is 1. The Bertz CT molecular complexity index is 962. The zero-order valence-corrected chi connectivity index (χ0v) is 20.5. The molecule has 0 aliphatic rings. The normalized spacial score (nSPS) is 13.7. The van der Waals surface area contributed by atoms with E-state index in [0.717, 1.165) is 5.56 Å². The van der Waals surface area contributed by atoms with Crippen LogP contribution in [0.3, 0.4) is 0 Å². The summed E-state index contributed by atoms with van der Waals surface area (Å²) in [5.74, 6) is 1.09. The van der Waals surface area contributed by atoms with Gasteiger partial charge in [-0.2, -0.15) is 8.42 Å². The highest BCUT2D eigenvalue weighted by Crippen LogP contribution is 2.40. The van der Waals surface area contributed by atoms with Crippen LogP contribution in [0.4, 0.5) is 0 Å².